The van der Waals surface area contributed by atoms with Crippen LogP contribution in [0.4, 0.5) is 17.1 Å². The van der Waals surface area contributed by atoms with Gasteiger partial charge in [0.1, 0.15) is 33.5 Å². The van der Waals surface area contributed by atoms with Crippen molar-refractivity contribution in [3.63, 3.8) is 0 Å². The number of hydrogen-bond donors (Lipinski definition) is 0. The Kier molecular flexibility index (Phi) is 9.52. The van der Waals surface area contributed by atoms with E-state index in [2.05, 4.69) is 268 Å². The van der Waals surface area contributed by atoms with Crippen molar-refractivity contribution in [2.75, 3.05) is 4.90 Å². The average Bonchev–Trinajstić information content (AvgIpc) is 1.52. The second-order valence-corrected chi connectivity index (χ2v) is 29.2. The number of rotatable bonds is 4. The fraction of sp³-hybridized carbons (Fsp3) is 0.174. The number of anilines is 3. The number of aromatic nitrogens is 1. The average molecular weight is 1170 g/mol. The number of pyridine rings is 1. The smallest absolute Gasteiger partial charge is 0.145 e. The van der Waals surface area contributed by atoms with Crippen LogP contribution in [-0.4, -0.2) is 4.98 Å². The molecule has 0 saturated heterocycles. The summed E-state index contributed by atoms with van der Waals surface area (Å²) in [6.07, 6.45) is 1.88. The van der Waals surface area contributed by atoms with E-state index in [9.17, 15) is 0 Å². The van der Waals surface area contributed by atoms with Crippen LogP contribution < -0.4 is 4.90 Å². The Hall–Kier alpha value is -10.2. The van der Waals surface area contributed by atoms with Gasteiger partial charge in [0, 0.05) is 99.3 Å². The maximum atomic E-state index is 7.12. The van der Waals surface area contributed by atoms with Gasteiger partial charge in [-0.05, 0) is 173 Å². The van der Waals surface area contributed by atoms with Crippen molar-refractivity contribution >= 4 is 82.9 Å². The number of nitrogens with zero attached hydrogens (tertiary/aromatic N) is 2. The van der Waals surface area contributed by atoms with Crippen molar-refractivity contribution in [3.05, 3.63) is 262 Å². The molecule has 5 nitrogen and oxygen atoms in total. The van der Waals surface area contributed by atoms with Crippen LogP contribution in [0.1, 0.15) is 125 Å². The van der Waals surface area contributed by atoms with Gasteiger partial charge in [-0.2, -0.15) is 0 Å². The molecule has 5 aliphatic rings. The first kappa shape index (κ1) is 51.6. The summed E-state index contributed by atoms with van der Waals surface area (Å²) in [5.41, 5.74) is 35.0. The third-order valence-electron chi connectivity index (χ3n) is 22.8. The molecule has 5 aliphatic carbocycles. The minimum Gasteiger partial charge on any atom is -0.455 e. The van der Waals surface area contributed by atoms with Gasteiger partial charge in [-0.3, -0.25) is 4.98 Å². The van der Waals surface area contributed by atoms with E-state index in [1.807, 2.05) is 12.3 Å². The van der Waals surface area contributed by atoms with Gasteiger partial charge < -0.3 is 18.2 Å². The number of furan rings is 3. The van der Waals surface area contributed by atoms with Crippen LogP contribution in [-0.2, 0) is 27.1 Å². The van der Waals surface area contributed by atoms with Crippen molar-refractivity contribution in [2.24, 2.45) is 0 Å². The minimum atomic E-state index is -0.404. The highest BCUT2D eigenvalue weighted by molar-refractivity contribution is 6.23. The lowest BCUT2D eigenvalue weighted by atomic mass is 9.72. The quantitative estimate of drug-likeness (QED) is 0.176. The van der Waals surface area contributed by atoms with Gasteiger partial charge in [-0.15, -0.1) is 0 Å². The first-order valence-electron chi connectivity index (χ1n) is 32.3. The van der Waals surface area contributed by atoms with Gasteiger partial charge in [-0.25, -0.2) is 0 Å². The van der Waals surface area contributed by atoms with Crippen LogP contribution in [0.15, 0.2) is 220 Å². The van der Waals surface area contributed by atoms with Crippen molar-refractivity contribution in [1.29, 1.82) is 0 Å². The second-order valence-electron chi connectivity index (χ2n) is 29.2. The molecular formula is C86H64N2O3. The Balaban J connectivity index is 0.840. The second kappa shape index (κ2) is 16.8. The highest BCUT2D eigenvalue weighted by Gasteiger charge is 2.51. The summed E-state index contributed by atoms with van der Waals surface area (Å²) in [6, 6.07) is 74.5. The number of para-hydroxylation sites is 3. The Morgan fingerprint density at radius 3 is 1.11 bits per heavy atom. The van der Waals surface area contributed by atoms with E-state index in [4.69, 9.17) is 18.2 Å². The van der Waals surface area contributed by atoms with E-state index in [1.54, 1.807) is 0 Å². The van der Waals surface area contributed by atoms with Crippen LogP contribution in [0, 0.1) is 0 Å². The summed E-state index contributed by atoms with van der Waals surface area (Å²) >= 11 is 0. The molecule has 20 rings (SSSR count). The zero-order valence-electron chi connectivity index (χ0n) is 52.7. The number of hydrogen-bond acceptors (Lipinski definition) is 5. The Labute approximate surface area is 528 Å². The Morgan fingerprint density at radius 2 is 0.648 bits per heavy atom. The molecule has 0 saturated carbocycles. The zero-order chi connectivity index (χ0) is 61.3. The van der Waals surface area contributed by atoms with Gasteiger partial charge in [0.25, 0.3) is 0 Å². The summed E-state index contributed by atoms with van der Waals surface area (Å²) in [7, 11) is 0. The molecule has 4 heterocycles. The Bertz CT molecular complexity index is 5620. The van der Waals surface area contributed by atoms with E-state index < -0.39 is 16.2 Å². The molecule has 0 N–H and O–H groups in total. The molecule has 91 heavy (non-hydrogen) atoms. The molecule has 0 fully saturated rings. The summed E-state index contributed by atoms with van der Waals surface area (Å²) in [5, 5.41) is 6.97. The minimum absolute atomic E-state index is 0.278. The van der Waals surface area contributed by atoms with E-state index in [-0.39, 0.29) is 10.8 Å². The van der Waals surface area contributed by atoms with Gasteiger partial charge >= 0.3 is 0 Å². The summed E-state index contributed by atoms with van der Waals surface area (Å²) < 4.78 is 21.2. The molecule has 4 aromatic heterocycles. The predicted octanol–water partition coefficient (Wildman–Crippen LogP) is 23.4. The van der Waals surface area contributed by atoms with Crippen LogP contribution in [0.3, 0.4) is 0 Å². The molecule has 0 unspecified atom stereocenters. The highest BCUT2D eigenvalue weighted by atomic mass is 16.3. The number of fused-ring (bicyclic) bond motifs is 31. The standard InChI is InChI=1S/C86H64N2O3/c1-82(2)59-41-45(34-37-50(59)67-62(82)44-56(63-30-21-22-40-87-63)79-70(67)53-25-13-18-31-64(53)89-79)88(46-35-38-51-60(42-46)85(7,8)75-68(51)71-54-26-14-19-32-65(54)90-80(71)73-48-23-11-16-28-57(48)83(3,4)77(73)75)47-36-39-52-61(43-47)86(9,10)76-69(52)72-55-27-15-20-33-66(55)91-81(72)74-49-24-12-17-29-58(49)84(5,6)78(74)76/h11-44H,1-10H3. The Morgan fingerprint density at radius 1 is 0.286 bits per heavy atom. The maximum absolute atomic E-state index is 7.12. The molecular weight excluding hydrogens is 1110 g/mol. The molecule has 0 atom stereocenters. The molecule has 0 spiro atoms. The summed E-state index contributed by atoms with van der Waals surface area (Å²) in [5.74, 6) is 0. The lowest BCUT2D eigenvalue weighted by Crippen LogP contribution is -2.24. The van der Waals surface area contributed by atoms with Crippen molar-refractivity contribution < 1.29 is 13.3 Å². The fourth-order valence-corrected chi connectivity index (χ4v) is 18.7. The van der Waals surface area contributed by atoms with Crippen LogP contribution >= 0.6 is 0 Å². The van der Waals surface area contributed by atoms with Crippen LogP contribution in [0.5, 0.6) is 0 Å². The molecule has 436 valence electrons. The SMILES string of the molecule is CC1(C)c2cc(N(c3ccc4c(c3)C(C)(C)c3c5c(c6oc7ccccc7c6c3-4)-c3ccccc3C5(C)C)c3ccc4c(c3)C(C)(C)c3c5c(c6oc7ccccc7c6c3-4)-c3ccccc3C5(C)C)ccc2-c2c1cc(-c1ccccn1)c1oc3ccccc3c21. The predicted molar refractivity (Wildman–Crippen MR) is 374 cm³/mol. The van der Waals surface area contributed by atoms with Crippen LogP contribution in [0.25, 0.3) is 133 Å². The van der Waals surface area contributed by atoms with Gasteiger partial charge in [-0.1, -0.05) is 197 Å². The molecule has 5 heteroatoms. The summed E-state index contributed by atoms with van der Waals surface area (Å²) in [6.45, 7) is 24.4. The van der Waals surface area contributed by atoms with Crippen LogP contribution in [0.2, 0.25) is 0 Å². The molecule has 15 aromatic rings. The van der Waals surface area contributed by atoms with Crippen molar-refractivity contribution in [2.45, 2.75) is 96.3 Å². The maximum Gasteiger partial charge on any atom is 0.145 e. The lowest BCUT2D eigenvalue weighted by molar-refractivity contribution is 0.600. The third-order valence-corrected chi connectivity index (χ3v) is 22.8. The third kappa shape index (κ3) is 6.16. The monoisotopic (exact) mass is 1170 g/mol. The van der Waals surface area contributed by atoms with Crippen molar-refractivity contribution in [1.82, 2.24) is 4.98 Å². The first-order chi connectivity index (χ1) is 44.0. The van der Waals surface area contributed by atoms with Gasteiger partial charge in [0.2, 0.25) is 0 Å². The lowest BCUT2D eigenvalue weighted by Gasteiger charge is -2.33. The molecule has 0 aliphatic heterocycles. The fourth-order valence-electron chi connectivity index (χ4n) is 18.7. The summed E-state index contributed by atoms with van der Waals surface area (Å²) in [4.78, 5) is 7.50. The molecule has 0 amide bonds. The molecule has 0 radical (unpaired) electrons. The zero-order valence-corrected chi connectivity index (χ0v) is 52.7. The highest BCUT2D eigenvalue weighted by Crippen LogP contribution is 2.67. The first-order valence-corrected chi connectivity index (χ1v) is 32.3. The topological polar surface area (TPSA) is 55.6 Å². The van der Waals surface area contributed by atoms with Gasteiger partial charge in [0.05, 0.1) is 5.69 Å². The number of benzene rings is 11. The van der Waals surface area contributed by atoms with E-state index >= 15 is 0 Å². The normalized spacial score (nSPS) is 16.5. The molecule has 11 aromatic carbocycles. The van der Waals surface area contributed by atoms with E-state index in [0.29, 0.717) is 0 Å². The van der Waals surface area contributed by atoms with Gasteiger partial charge in [0.15, 0.2) is 0 Å². The van der Waals surface area contributed by atoms with Crippen molar-refractivity contribution in [3.8, 4) is 66.9 Å². The van der Waals surface area contributed by atoms with E-state index in [0.717, 1.165) is 83.4 Å². The largest absolute Gasteiger partial charge is 0.455 e. The van der Waals surface area contributed by atoms with E-state index in [1.165, 1.54) is 122 Å². The molecule has 0 bridgehead atoms.